The van der Waals surface area contributed by atoms with E-state index in [4.69, 9.17) is 9.47 Å². The summed E-state index contributed by atoms with van der Waals surface area (Å²) in [6.45, 7) is 5.69. The molecule has 3 heteroatoms. The van der Waals surface area contributed by atoms with E-state index in [1.165, 1.54) is 18.9 Å². The van der Waals surface area contributed by atoms with E-state index < -0.39 is 0 Å². The largest absolute Gasteiger partial charge is 0.491 e. The van der Waals surface area contributed by atoms with Crippen molar-refractivity contribution in [1.82, 2.24) is 0 Å². The highest BCUT2D eigenvalue weighted by Gasteiger charge is 2.29. The van der Waals surface area contributed by atoms with Gasteiger partial charge >= 0.3 is 5.97 Å². The van der Waals surface area contributed by atoms with Crippen LogP contribution in [0, 0.1) is 0 Å². The van der Waals surface area contributed by atoms with Gasteiger partial charge in [0.1, 0.15) is 11.9 Å². The second kappa shape index (κ2) is 7.48. The predicted molar refractivity (Wildman–Crippen MR) is 83.6 cm³/mol. The summed E-state index contributed by atoms with van der Waals surface area (Å²) in [6.07, 6.45) is 5.58. The molecule has 0 saturated heterocycles. The number of ether oxygens (including phenoxy) is 2. The molecule has 1 unspecified atom stereocenters. The normalized spacial score (nSPS) is 23.4. The van der Waals surface area contributed by atoms with Crippen LogP contribution in [0.3, 0.4) is 0 Å². The Hall–Kier alpha value is -1.51. The van der Waals surface area contributed by atoms with Gasteiger partial charge in [-0.3, -0.25) is 4.79 Å². The third-order valence-electron chi connectivity index (χ3n) is 4.22. The van der Waals surface area contributed by atoms with Crippen molar-refractivity contribution in [1.29, 1.82) is 0 Å². The third-order valence-corrected chi connectivity index (χ3v) is 4.22. The maximum absolute atomic E-state index is 11.3. The first-order valence-corrected chi connectivity index (χ1v) is 8.04. The van der Waals surface area contributed by atoms with Crippen molar-refractivity contribution in [2.45, 2.75) is 71.0 Å². The Bertz CT molecular complexity index is 469. The molecule has 1 aliphatic carbocycles. The number of hydrogen-bond acceptors (Lipinski definition) is 3. The maximum Gasteiger partial charge on any atom is 0.302 e. The summed E-state index contributed by atoms with van der Waals surface area (Å²) < 4.78 is 11.4. The molecule has 0 spiro atoms. The first-order chi connectivity index (χ1) is 10.1. The molecule has 0 N–H and O–H groups in total. The molecule has 1 aromatic carbocycles. The van der Waals surface area contributed by atoms with Gasteiger partial charge in [0.05, 0.1) is 6.10 Å². The summed E-state index contributed by atoms with van der Waals surface area (Å²) in [5, 5.41) is 0. The van der Waals surface area contributed by atoms with Crippen molar-refractivity contribution in [3.05, 3.63) is 29.8 Å². The fourth-order valence-corrected chi connectivity index (χ4v) is 2.97. The van der Waals surface area contributed by atoms with Crippen LogP contribution in [0.1, 0.15) is 64.4 Å². The molecule has 0 aliphatic heterocycles. The molecule has 1 saturated carbocycles. The molecular weight excluding hydrogens is 264 g/mol. The Kier molecular flexibility index (Phi) is 5.66. The molecule has 116 valence electrons. The Morgan fingerprint density at radius 3 is 2.81 bits per heavy atom. The van der Waals surface area contributed by atoms with Gasteiger partial charge in [-0.25, -0.2) is 0 Å². The first kappa shape index (κ1) is 15.9. The summed E-state index contributed by atoms with van der Waals surface area (Å²) in [6, 6.07) is 8.26. The molecule has 1 fully saturated rings. The molecule has 0 bridgehead atoms. The molecule has 1 aromatic rings. The van der Waals surface area contributed by atoms with Crippen LogP contribution in [0.15, 0.2) is 24.3 Å². The Labute approximate surface area is 127 Å². The van der Waals surface area contributed by atoms with Gasteiger partial charge in [-0.2, -0.15) is 0 Å². The van der Waals surface area contributed by atoms with Crippen molar-refractivity contribution in [3.8, 4) is 5.75 Å². The van der Waals surface area contributed by atoms with Crippen molar-refractivity contribution in [2.24, 2.45) is 0 Å². The van der Waals surface area contributed by atoms with E-state index in [0.717, 1.165) is 31.4 Å². The monoisotopic (exact) mass is 290 g/mol. The van der Waals surface area contributed by atoms with Gasteiger partial charge in [0.2, 0.25) is 0 Å². The molecule has 0 radical (unpaired) electrons. The van der Waals surface area contributed by atoms with E-state index >= 15 is 0 Å². The highest BCUT2D eigenvalue weighted by Crippen LogP contribution is 2.36. The van der Waals surface area contributed by atoms with Gasteiger partial charge in [0, 0.05) is 12.8 Å². The zero-order valence-corrected chi connectivity index (χ0v) is 13.3. The average Bonchev–Trinajstić information content (AvgIpc) is 2.47. The molecule has 3 nitrogen and oxygen atoms in total. The standard InChI is InChI=1S/C18H26O3/c1-4-13(2)20-16-9-7-8-15(12-16)17-10-5-6-11-18(17)21-14(3)19/h7-9,12-13,17-18H,4-6,10-11H2,1-3H3/t13?,17-,18+/m1/s1. The van der Waals surface area contributed by atoms with Crippen LogP contribution >= 0.6 is 0 Å². The number of carbonyl (C=O) groups excluding carboxylic acids is 1. The molecule has 0 heterocycles. The molecule has 0 amide bonds. The van der Waals surface area contributed by atoms with Gasteiger partial charge in [-0.15, -0.1) is 0 Å². The summed E-state index contributed by atoms with van der Waals surface area (Å²) in [4.78, 5) is 11.3. The van der Waals surface area contributed by atoms with E-state index in [0.29, 0.717) is 5.92 Å². The summed E-state index contributed by atoms with van der Waals surface area (Å²) >= 11 is 0. The van der Waals surface area contributed by atoms with E-state index in [1.807, 2.05) is 12.1 Å². The van der Waals surface area contributed by atoms with E-state index in [2.05, 4.69) is 26.0 Å². The molecule has 2 rings (SSSR count). The van der Waals surface area contributed by atoms with Crippen LogP contribution in [0.2, 0.25) is 0 Å². The quantitative estimate of drug-likeness (QED) is 0.751. The molecule has 1 aliphatic rings. The maximum atomic E-state index is 11.3. The number of rotatable bonds is 5. The van der Waals surface area contributed by atoms with Crippen LogP contribution in [0.25, 0.3) is 0 Å². The smallest absolute Gasteiger partial charge is 0.302 e. The minimum atomic E-state index is -0.182. The van der Waals surface area contributed by atoms with Gasteiger partial charge in [-0.1, -0.05) is 25.5 Å². The van der Waals surface area contributed by atoms with Crippen molar-refractivity contribution in [3.63, 3.8) is 0 Å². The van der Waals surface area contributed by atoms with Gasteiger partial charge in [0.25, 0.3) is 0 Å². The zero-order chi connectivity index (χ0) is 15.2. The Morgan fingerprint density at radius 2 is 2.10 bits per heavy atom. The van der Waals surface area contributed by atoms with E-state index in [-0.39, 0.29) is 18.2 Å². The second-order valence-electron chi connectivity index (χ2n) is 5.95. The first-order valence-electron chi connectivity index (χ1n) is 8.04. The molecule has 21 heavy (non-hydrogen) atoms. The minimum Gasteiger partial charge on any atom is -0.491 e. The van der Waals surface area contributed by atoms with E-state index in [9.17, 15) is 4.79 Å². The number of esters is 1. The van der Waals surface area contributed by atoms with Crippen LogP contribution in [-0.2, 0) is 9.53 Å². The van der Waals surface area contributed by atoms with Gasteiger partial charge in [-0.05, 0) is 50.3 Å². The van der Waals surface area contributed by atoms with Crippen molar-refractivity contribution < 1.29 is 14.3 Å². The average molecular weight is 290 g/mol. The lowest BCUT2D eigenvalue weighted by Gasteiger charge is -2.31. The fourth-order valence-electron chi connectivity index (χ4n) is 2.97. The highest BCUT2D eigenvalue weighted by molar-refractivity contribution is 5.66. The number of benzene rings is 1. The molecular formula is C18H26O3. The van der Waals surface area contributed by atoms with Gasteiger partial charge in [0.15, 0.2) is 0 Å². The predicted octanol–water partition coefficient (Wildman–Crippen LogP) is 4.45. The van der Waals surface area contributed by atoms with Crippen LogP contribution < -0.4 is 4.74 Å². The summed E-state index contributed by atoms with van der Waals surface area (Å²) in [5.74, 6) is 1.02. The fraction of sp³-hybridized carbons (Fsp3) is 0.611. The number of hydrogen-bond donors (Lipinski definition) is 0. The highest BCUT2D eigenvalue weighted by atomic mass is 16.5. The SMILES string of the molecule is CCC(C)Oc1cccc([C@H]2CCCC[C@@H]2OC(C)=O)c1. The van der Waals surface area contributed by atoms with E-state index in [1.54, 1.807) is 0 Å². The van der Waals surface area contributed by atoms with Crippen LogP contribution in [0.5, 0.6) is 5.75 Å². The lowest BCUT2D eigenvalue weighted by molar-refractivity contribution is -0.148. The third kappa shape index (κ3) is 4.48. The topological polar surface area (TPSA) is 35.5 Å². The van der Waals surface area contributed by atoms with Crippen molar-refractivity contribution >= 4 is 5.97 Å². The molecule has 3 atom stereocenters. The van der Waals surface area contributed by atoms with Crippen LogP contribution in [0.4, 0.5) is 0 Å². The minimum absolute atomic E-state index is 0.00935. The lowest BCUT2D eigenvalue weighted by atomic mass is 9.81. The Morgan fingerprint density at radius 1 is 1.33 bits per heavy atom. The number of carbonyl (C=O) groups is 1. The zero-order valence-electron chi connectivity index (χ0n) is 13.3. The summed E-state index contributed by atoms with van der Waals surface area (Å²) in [7, 11) is 0. The summed E-state index contributed by atoms with van der Waals surface area (Å²) in [5.41, 5.74) is 1.22. The molecule has 0 aromatic heterocycles. The van der Waals surface area contributed by atoms with Crippen molar-refractivity contribution in [2.75, 3.05) is 0 Å². The lowest BCUT2D eigenvalue weighted by Crippen LogP contribution is -2.27. The second-order valence-corrected chi connectivity index (χ2v) is 5.95. The Balaban J connectivity index is 2.14. The van der Waals surface area contributed by atoms with Gasteiger partial charge < -0.3 is 9.47 Å². The van der Waals surface area contributed by atoms with Crippen LogP contribution in [-0.4, -0.2) is 18.2 Å².